The molecule has 0 unspecified atom stereocenters. The molecule has 0 aromatic heterocycles. The highest BCUT2D eigenvalue weighted by atomic mass is 16.3. The van der Waals surface area contributed by atoms with E-state index in [9.17, 15) is 5.11 Å². The van der Waals surface area contributed by atoms with Crippen LogP contribution in [0, 0.1) is 0 Å². The van der Waals surface area contributed by atoms with E-state index in [1.54, 1.807) is 12.1 Å². The lowest BCUT2D eigenvalue weighted by atomic mass is 9.73. The molecule has 0 fully saturated rings. The van der Waals surface area contributed by atoms with Gasteiger partial charge in [-0.05, 0) is 42.4 Å². The van der Waals surface area contributed by atoms with Crippen LogP contribution in [0.25, 0.3) is 0 Å². The van der Waals surface area contributed by atoms with Crippen LogP contribution in [0.5, 0.6) is 5.75 Å². The average Bonchev–Trinajstić information content (AvgIpc) is 2.27. The van der Waals surface area contributed by atoms with Gasteiger partial charge < -0.3 is 5.11 Å². The fraction of sp³-hybridized carbons (Fsp3) is 0.571. The smallest absolute Gasteiger partial charge is 0.115 e. The Kier molecular flexibility index (Phi) is 4.19. The number of hydrogen-bond donors (Lipinski definition) is 1. The average molecular weight is 206 g/mol. The lowest BCUT2D eigenvalue weighted by Crippen LogP contribution is -2.23. The summed E-state index contributed by atoms with van der Waals surface area (Å²) in [5.41, 5.74) is 1.68. The second kappa shape index (κ2) is 5.20. The first-order chi connectivity index (χ1) is 7.18. The zero-order chi connectivity index (χ0) is 11.3. The summed E-state index contributed by atoms with van der Waals surface area (Å²) in [6, 6.07) is 7.73. The summed E-state index contributed by atoms with van der Waals surface area (Å²) >= 11 is 0. The van der Waals surface area contributed by atoms with Crippen molar-refractivity contribution in [3.05, 3.63) is 29.8 Å². The molecule has 1 aromatic carbocycles. The molecule has 0 aliphatic carbocycles. The van der Waals surface area contributed by atoms with E-state index in [4.69, 9.17) is 0 Å². The standard InChI is InChI=1S/C14H22O/c1-4-11-14(5-2,6-3)12-7-9-13(15)10-8-12/h7-10,15H,4-6,11H2,1-3H3. The summed E-state index contributed by atoms with van der Waals surface area (Å²) in [4.78, 5) is 0. The van der Waals surface area contributed by atoms with Crippen LogP contribution in [0.15, 0.2) is 24.3 Å². The zero-order valence-corrected chi connectivity index (χ0v) is 10.1. The molecule has 1 aromatic rings. The van der Waals surface area contributed by atoms with Crippen LogP contribution in [0.2, 0.25) is 0 Å². The van der Waals surface area contributed by atoms with E-state index in [0.29, 0.717) is 11.2 Å². The van der Waals surface area contributed by atoms with E-state index in [1.165, 1.54) is 31.2 Å². The molecule has 0 saturated carbocycles. The first-order valence-corrected chi connectivity index (χ1v) is 5.98. The topological polar surface area (TPSA) is 20.2 Å². The maximum absolute atomic E-state index is 9.30. The Morgan fingerprint density at radius 2 is 1.53 bits per heavy atom. The first kappa shape index (κ1) is 12.1. The Balaban J connectivity index is 3.02. The second-order valence-corrected chi connectivity index (χ2v) is 4.28. The zero-order valence-electron chi connectivity index (χ0n) is 10.1. The molecule has 0 bridgehead atoms. The number of hydrogen-bond acceptors (Lipinski definition) is 1. The highest BCUT2D eigenvalue weighted by Crippen LogP contribution is 2.36. The molecule has 0 amide bonds. The minimum absolute atomic E-state index is 0.308. The van der Waals surface area contributed by atoms with E-state index in [2.05, 4.69) is 32.9 Å². The Morgan fingerprint density at radius 1 is 1.00 bits per heavy atom. The molecule has 0 heterocycles. The molecule has 1 rings (SSSR count). The van der Waals surface area contributed by atoms with Crippen molar-refractivity contribution in [3.8, 4) is 5.75 Å². The van der Waals surface area contributed by atoms with Crippen molar-refractivity contribution in [2.75, 3.05) is 0 Å². The SMILES string of the molecule is CCCC(CC)(CC)c1ccc(O)cc1. The molecule has 1 N–H and O–H groups in total. The second-order valence-electron chi connectivity index (χ2n) is 4.28. The maximum Gasteiger partial charge on any atom is 0.115 e. The van der Waals surface area contributed by atoms with Gasteiger partial charge in [0.15, 0.2) is 0 Å². The predicted molar refractivity (Wildman–Crippen MR) is 65.3 cm³/mol. The largest absolute Gasteiger partial charge is 0.508 e. The van der Waals surface area contributed by atoms with Gasteiger partial charge in [-0.1, -0.05) is 39.3 Å². The number of phenolic OH excluding ortho intramolecular Hbond substituents is 1. The molecular formula is C14H22O. The van der Waals surface area contributed by atoms with E-state index < -0.39 is 0 Å². The predicted octanol–water partition coefficient (Wildman–Crippen LogP) is 4.25. The van der Waals surface area contributed by atoms with Crippen LogP contribution in [-0.2, 0) is 5.41 Å². The Hall–Kier alpha value is -0.980. The number of phenols is 1. The van der Waals surface area contributed by atoms with Crippen molar-refractivity contribution in [3.63, 3.8) is 0 Å². The minimum Gasteiger partial charge on any atom is -0.508 e. The monoisotopic (exact) mass is 206 g/mol. The molecule has 0 radical (unpaired) electrons. The van der Waals surface area contributed by atoms with Gasteiger partial charge >= 0.3 is 0 Å². The molecule has 15 heavy (non-hydrogen) atoms. The third-order valence-corrected chi connectivity index (χ3v) is 3.56. The van der Waals surface area contributed by atoms with Crippen LogP contribution in [0.4, 0.5) is 0 Å². The van der Waals surface area contributed by atoms with Crippen molar-refractivity contribution < 1.29 is 5.11 Å². The molecule has 0 saturated heterocycles. The van der Waals surface area contributed by atoms with E-state index in [1.807, 2.05) is 0 Å². The van der Waals surface area contributed by atoms with Gasteiger partial charge in [-0.3, -0.25) is 0 Å². The van der Waals surface area contributed by atoms with E-state index in [0.717, 1.165) is 0 Å². The van der Waals surface area contributed by atoms with Crippen LogP contribution >= 0.6 is 0 Å². The van der Waals surface area contributed by atoms with Gasteiger partial charge in [0.05, 0.1) is 0 Å². The number of aromatic hydroxyl groups is 1. The number of rotatable bonds is 5. The molecule has 0 atom stereocenters. The van der Waals surface area contributed by atoms with Crippen LogP contribution in [0.3, 0.4) is 0 Å². The summed E-state index contributed by atoms with van der Waals surface area (Å²) in [5, 5.41) is 9.30. The van der Waals surface area contributed by atoms with Gasteiger partial charge in [0.2, 0.25) is 0 Å². The van der Waals surface area contributed by atoms with Crippen molar-refractivity contribution >= 4 is 0 Å². The fourth-order valence-electron chi connectivity index (χ4n) is 2.45. The summed E-state index contributed by atoms with van der Waals surface area (Å²) in [6.07, 6.45) is 4.78. The van der Waals surface area contributed by atoms with Crippen molar-refractivity contribution in [1.82, 2.24) is 0 Å². The van der Waals surface area contributed by atoms with Crippen LogP contribution < -0.4 is 0 Å². The van der Waals surface area contributed by atoms with Crippen molar-refractivity contribution in [1.29, 1.82) is 0 Å². The van der Waals surface area contributed by atoms with Gasteiger partial charge in [-0.2, -0.15) is 0 Å². The summed E-state index contributed by atoms with van der Waals surface area (Å²) in [6.45, 7) is 6.75. The molecular weight excluding hydrogens is 184 g/mol. The highest BCUT2D eigenvalue weighted by Gasteiger charge is 2.26. The quantitative estimate of drug-likeness (QED) is 0.763. The van der Waals surface area contributed by atoms with Crippen LogP contribution in [0.1, 0.15) is 52.0 Å². The van der Waals surface area contributed by atoms with E-state index >= 15 is 0 Å². The molecule has 0 aliphatic heterocycles. The molecule has 0 spiro atoms. The first-order valence-electron chi connectivity index (χ1n) is 5.98. The summed E-state index contributed by atoms with van der Waals surface area (Å²) in [5.74, 6) is 0.358. The van der Waals surface area contributed by atoms with Gasteiger partial charge in [-0.25, -0.2) is 0 Å². The maximum atomic E-state index is 9.30. The molecule has 1 nitrogen and oxygen atoms in total. The van der Waals surface area contributed by atoms with Gasteiger partial charge in [0, 0.05) is 0 Å². The molecule has 0 aliphatic rings. The van der Waals surface area contributed by atoms with E-state index in [-0.39, 0.29) is 0 Å². The van der Waals surface area contributed by atoms with Gasteiger partial charge in [0.1, 0.15) is 5.75 Å². The van der Waals surface area contributed by atoms with Gasteiger partial charge in [0.25, 0.3) is 0 Å². The Bertz CT molecular complexity index is 283. The Labute approximate surface area is 93.1 Å². The number of benzene rings is 1. The summed E-state index contributed by atoms with van der Waals surface area (Å²) < 4.78 is 0. The lowest BCUT2D eigenvalue weighted by Gasteiger charge is -2.32. The third-order valence-electron chi connectivity index (χ3n) is 3.56. The molecule has 84 valence electrons. The van der Waals surface area contributed by atoms with Crippen molar-refractivity contribution in [2.24, 2.45) is 0 Å². The fourth-order valence-corrected chi connectivity index (χ4v) is 2.45. The normalized spacial score (nSPS) is 11.7. The highest BCUT2D eigenvalue weighted by molar-refractivity contribution is 5.31. The van der Waals surface area contributed by atoms with Gasteiger partial charge in [-0.15, -0.1) is 0 Å². The third kappa shape index (κ3) is 2.53. The van der Waals surface area contributed by atoms with Crippen molar-refractivity contribution in [2.45, 2.75) is 51.9 Å². The summed E-state index contributed by atoms with van der Waals surface area (Å²) in [7, 11) is 0. The minimum atomic E-state index is 0.308. The lowest BCUT2D eigenvalue weighted by molar-refractivity contribution is 0.361. The van der Waals surface area contributed by atoms with Crippen LogP contribution in [-0.4, -0.2) is 5.11 Å². The molecule has 1 heteroatoms. The Morgan fingerprint density at radius 3 is 1.93 bits per heavy atom.